The largest absolute Gasteiger partial charge is 0.418 e. The van der Waals surface area contributed by atoms with Crippen molar-refractivity contribution in [3.8, 4) is 0 Å². The average Bonchev–Trinajstić information content (AvgIpc) is 2.66. The summed E-state index contributed by atoms with van der Waals surface area (Å²) >= 11 is 0. The molecule has 2 aromatic rings. The molecule has 0 heterocycles. The number of nitrogens with one attached hydrogen (secondary N) is 2. The van der Waals surface area contributed by atoms with Gasteiger partial charge in [0.15, 0.2) is 0 Å². The van der Waals surface area contributed by atoms with E-state index in [1.807, 2.05) is 0 Å². The molecule has 0 radical (unpaired) electrons. The van der Waals surface area contributed by atoms with Crippen LogP contribution in [-0.4, -0.2) is 38.8 Å². The highest BCUT2D eigenvalue weighted by Gasteiger charge is 2.33. The zero-order valence-corrected chi connectivity index (χ0v) is 16.3. The maximum atomic E-state index is 13.0. The number of anilines is 2. The molecule has 2 N–H and O–H groups in total. The Morgan fingerprint density at radius 2 is 1.76 bits per heavy atom. The Morgan fingerprint density at radius 1 is 1.14 bits per heavy atom. The molecule has 156 valence electrons. The van der Waals surface area contributed by atoms with Gasteiger partial charge in [-0.2, -0.15) is 17.5 Å². The number of alkyl halides is 3. The fraction of sp³-hybridized carbons (Fsp3) is 0.211. The van der Waals surface area contributed by atoms with Crippen LogP contribution < -0.4 is 10.6 Å². The Hall–Kier alpha value is -2.85. The van der Waals surface area contributed by atoms with Gasteiger partial charge in [-0.25, -0.2) is 8.42 Å². The van der Waals surface area contributed by atoms with Crippen molar-refractivity contribution < 1.29 is 26.4 Å². The molecule has 6 nitrogen and oxygen atoms in total. The van der Waals surface area contributed by atoms with Crippen molar-refractivity contribution in [3.05, 3.63) is 66.7 Å². The monoisotopic (exact) mass is 427 g/mol. The van der Waals surface area contributed by atoms with Crippen molar-refractivity contribution >= 4 is 27.3 Å². The number of carbonyl (C=O) groups excluding carboxylic acids is 1. The molecule has 0 bridgehead atoms. The first-order chi connectivity index (χ1) is 13.6. The van der Waals surface area contributed by atoms with Gasteiger partial charge in [-0.1, -0.05) is 18.2 Å². The van der Waals surface area contributed by atoms with Crippen molar-refractivity contribution in [3.63, 3.8) is 0 Å². The number of hydrogen-bond donors (Lipinski definition) is 2. The fourth-order valence-corrected chi connectivity index (χ4v) is 3.56. The van der Waals surface area contributed by atoms with Crippen LogP contribution in [0.3, 0.4) is 0 Å². The average molecular weight is 427 g/mol. The van der Waals surface area contributed by atoms with E-state index < -0.39 is 27.7 Å². The molecule has 0 fully saturated rings. The van der Waals surface area contributed by atoms with Gasteiger partial charge < -0.3 is 10.6 Å². The number of amides is 1. The molecule has 0 saturated heterocycles. The van der Waals surface area contributed by atoms with E-state index in [0.717, 1.165) is 10.4 Å². The lowest BCUT2D eigenvalue weighted by Crippen LogP contribution is -2.27. The van der Waals surface area contributed by atoms with Gasteiger partial charge in [0.1, 0.15) is 0 Å². The smallest absolute Gasteiger partial charge is 0.376 e. The van der Waals surface area contributed by atoms with Crippen LogP contribution >= 0.6 is 0 Å². The molecule has 2 rings (SSSR count). The van der Waals surface area contributed by atoms with E-state index in [4.69, 9.17) is 0 Å². The molecular weight excluding hydrogens is 407 g/mol. The summed E-state index contributed by atoms with van der Waals surface area (Å²) in [7, 11) is -2.24. The zero-order valence-electron chi connectivity index (χ0n) is 15.5. The Morgan fingerprint density at radius 3 is 2.34 bits per heavy atom. The lowest BCUT2D eigenvalue weighted by molar-refractivity contribution is -0.137. The van der Waals surface area contributed by atoms with Gasteiger partial charge in [0, 0.05) is 19.3 Å². The SMILES string of the molecule is C=CCN(C)S(=O)(=O)c1ccc(NCC(=O)Nc2ccccc2C(F)(F)F)cc1. The number of rotatable bonds is 8. The highest BCUT2D eigenvalue weighted by molar-refractivity contribution is 7.89. The maximum Gasteiger partial charge on any atom is 0.418 e. The van der Waals surface area contributed by atoms with Crippen LogP contribution in [0.1, 0.15) is 5.56 Å². The molecule has 0 unspecified atom stereocenters. The number of para-hydroxylation sites is 1. The second kappa shape index (κ2) is 9.10. The van der Waals surface area contributed by atoms with Crippen LogP contribution in [0.4, 0.5) is 24.5 Å². The van der Waals surface area contributed by atoms with Crippen LogP contribution in [0.15, 0.2) is 66.1 Å². The van der Waals surface area contributed by atoms with Crippen molar-refractivity contribution in [1.82, 2.24) is 4.31 Å². The summed E-state index contributed by atoms with van der Waals surface area (Å²) in [6.07, 6.45) is -3.12. The molecule has 0 aliphatic carbocycles. The van der Waals surface area contributed by atoms with Crippen LogP contribution in [0.25, 0.3) is 0 Å². The van der Waals surface area contributed by atoms with E-state index in [1.54, 1.807) is 0 Å². The number of hydrogen-bond acceptors (Lipinski definition) is 4. The van der Waals surface area contributed by atoms with Gasteiger partial charge in [0.2, 0.25) is 15.9 Å². The highest BCUT2D eigenvalue weighted by Crippen LogP contribution is 2.34. The summed E-state index contributed by atoms with van der Waals surface area (Å²) in [6.45, 7) is 3.35. The summed E-state index contributed by atoms with van der Waals surface area (Å²) in [6, 6.07) is 10.3. The number of carbonyl (C=O) groups is 1. The predicted molar refractivity (Wildman–Crippen MR) is 105 cm³/mol. The third kappa shape index (κ3) is 5.81. The van der Waals surface area contributed by atoms with Crippen molar-refractivity contribution in [2.75, 3.05) is 30.8 Å². The number of likely N-dealkylation sites (N-methyl/N-ethyl adjacent to an activating group) is 1. The van der Waals surface area contributed by atoms with Crippen LogP contribution in [0.2, 0.25) is 0 Å². The normalized spacial score (nSPS) is 11.9. The minimum absolute atomic E-state index is 0.0657. The first-order valence-corrected chi connectivity index (χ1v) is 9.87. The summed E-state index contributed by atoms with van der Waals surface area (Å²) in [5.41, 5.74) is -0.834. The van der Waals surface area contributed by atoms with Gasteiger partial charge in [0.25, 0.3) is 0 Å². The van der Waals surface area contributed by atoms with Gasteiger partial charge in [0.05, 0.1) is 22.7 Å². The molecule has 0 aliphatic heterocycles. The lowest BCUT2D eigenvalue weighted by atomic mass is 10.1. The van der Waals surface area contributed by atoms with E-state index in [-0.39, 0.29) is 23.7 Å². The second-order valence-corrected chi connectivity index (χ2v) is 8.09. The fourth-order valence-electron chi connectivity index (χ4n) is 2.42. The highest BCUT2D eigenvalue weighted by atomic mass is 32.2. The minimum atomic E-state index is -4.59. The maximum absolute atomic E-state index is 13.0. The van der Waals surface area contributed by atoms with Crippen LogP contribution in [-0.2, 0) is 21.0 Å². The van der Waals surface area contributed by atoms with Gasteiger partial charge in [-0.3, -0.25) is 4.79 Å². The molecule has 0 saturated carbocycles. The van der Waals surface area contributed by atoms with Crippen molar-refractivity contribution in [2.24, 2.45) is 0 Å². The van der Waals surface area contributed by atoms with Crippen molar-refractivity contribution in [1.29, 1.82) is 0 Å². The zero-order chi connectivity index (χ0) is 21.7. The molecule has 0 aromatic heterocycles. The second-order valence-electron chi connectivity index (χ2n) is 6.04. The van der Waals surface area contributed by atoms with E-state index in [2.05, 4.69) is 17.2 Å². The minimum Gasteiger partial charge on any atom is -0.376 e. The first kappa shape index (κ1) is 22.4. The number of sulfonamides is 1. The third-order valence-corrected chi connectivity index (χ3v) is 5.75. The molecule has 29 heavy (non-hydrogen) atoms. The number of halogens is 3. The Labute approximate surface area is 167 Å². The van der Waals surface area contributed by atoms with E-state index >= 15 is 0 Å². The lowest BCUT2D eigenvalue weighted by Gasteiger charge is -2.16. The molecule has 2 aromatic carbocycles. The third-order valence-electron chi connectivity index (χ3n) is 3.91. The van der Waals surface area contributed by atoms with Gasteiger partial charge >= 0.3 is 6.18 Å². The van der Waals surface area contributed by atoms with E-state index in [0.29, 0.717) is 5.69 Å². The molecule has 1 amide bonds. The summed E-state index contributed by atoms with van der Waals surface area (Å²) in [4.78, 5) is 12.1. The standard InChI is InChI=1S/C19H20F3N3O3S/c1-3-12-25(2)29(27,28)15-10-8-14(9-11-15)23-13-18(26)24-17-7-5-4-6-16(17)19(20,21)22/h3-11,23H,1,12-13H2,2H3,(H,24,26). The van der Waals surface area contributed by atoms with Crippen molar-refractivity contribution in [2.45, 2.75) is 11.1 Å². The van der Waals surface area contributed by atoms with Gasteiger partial charge in [-0.05, 0) is 36.4 Å². The van der Waals surface area contributed by atoms with E-state index in [1.165, 1.54) is 55.6 Å². The molecular formula is C19H20F3N3O3S. The summed E-state index contributed by atoms with van der Waals surface area (Å²) < 4.78 is 64.7. The summed E-state index contributed by atoms with van der Waals surface area (Å²) in [5.74, 6) is -0.677. The molecule has 0 atom stereocenters. The Bertz CT molecular complexity index is 974. The van der Waals surface area contributed by atoms with Crippen LogP contribution in [0.5, 0.6) is 0 Å². The van der Waals surface area contributed by atoms with Gasteiger partial charge in [-0.15, -0.1) is 6.58 Å². The molecule has 0 aliphatic rings. The Kier molecular flexibility index (Phi) is 7.04. The first-order valence-electron chi connectivity index (χ1n) is 8.43. The quantitative estimate of drug-likeness (QED) is 0.632. The molecule has 0 spiro atoms. The topological polar surface area (TPSA) is 78.5 Å². The number of nitrogens with zero attached hydrogens (tertiary/aromatic N) is 1. The molecule has 10 heteroatoms. The van der Waals surface area contributed by atoms with Crippen LogP contribution in [0, 0.1) is 0 Å². The summed E-state index contributed by atoms with van der Waals surface area (Å²) in [5, 5.41) is 4.96. The predicted octanol–water partition coefficient (Wildman–Crippen LogP) is 3.56. The van der Waals surface area contributed by atoms with E-state index in [9.17, 15) is 26.4 Å². The number of benzene rings is 2. The Balaban J connectivity index is 2.01.